The number of aromatic hydroxyl groups is 1. The van der Waals surface area contributed by atoms with Crippen LogP contribution in [0.2, 0.25) is 0 Å². The quantitative estimate of drug-likeness (QED) is 0.444. The Morgan fingerprint density at radius 3 is 2.71 bits per heavy atom. The first-order chi connectivity index (χ1) is 6.69. The van der Waals surface area contributed by atoms with Crippen molar-refractivity contribution in [1.29, 1.82) is 0 Å². The standard InChI is InChI=1S/C10H12FNO2/c1-2-3-9(12-14)8-5-4-7(11)6-10(8)13/h4-6,13-14H,2-3H2,1H3. The smallest absolute Gasteiger partial charge is 0.127 e. The fourth-order valence-electron chi connectivity index (χ4n) is 1.22. The van der Waals surface area contributed by atoms with Gasteiger partial charge in [0.2, 0.25) is 0 Å². The molecule has 0 amide bonds. The highest BCUT2D eigenvalue weighted by Crippen LogP contribution is 2.20. The largest absolute Gasteiger partial charge is 0.507 e. The van der Waals surface area contributed by atoms with E-state index in [1.807, 2.05) is 6.92 Å². The predicted octanol–water partition coefficient (Wildman–Crippen LogP) is 2.51. The van der Waals surface area contributed by atoms with Crippen molar-refractivity contribution in [3.8, 4) is 5.75 Å². The zero-order valence-corrected chi connectivity index (χ0v) is 7.87. The molecule has 1 aromatic carbocycles. The number of hydrogen-bond donors (Lipinski definition) is 2. The molecule has 0 atom stereocenters. The van der Waals surface area contributed by atoms with Gasteiger partial charge in [-0.15, -0.1) is 0 Å². The van der Waals surface area contributed by atoms with Gasteiger partial charge in [0, 0.05) is 11.6 Å². The molecule has 14 heavy (non-hydrogen) atoms. The van der Waals surface area contributed by atoms with Gasteiger partial charge in [-0.05, 0) is 18.6 Å². The van der Waals surface area contributed by atoms with Gasteiger partial charge in [-0.3, -0.25) is 0 Å². The van der Waals surface area contributed by atoms with E-state index in [1.165, 1.54) is 12.1 Å². The van der Waals surface area contributed by atoms with E-state index in [4.69, 9.17) is 5.21 Å². The normalized spacial score (nSPS) is 11.7. The van der Waals surface area contributed by atoms with Crippen molar-refractivity contribution >= 4 is 5.71 Å². The summed E-state index contributed by atoms with van der Waals surface area (Å²) in [7, 11) is 0. The van der Waals surface area contributed by atoms with Crippen LogP contribution in [0.1, 0.15) is 25.3 Å². The summed E-state index contributed by atoms with van der Waals surface area (Å²) in [6, 6.07) is 3.61. The van der Waals surface area contributed by atoms with Crippen molar-refractivity contribution in [1.82, 2.24) is 0 Å². The maximum Gasteiger partial charge on any atom is 0.127 e. The molecule has 0 saturated carbocycles. The third-order valence-electron chi connectivity index (χ3n) is 1.88. The van der Waals surface area contributed by atoms with E-state index in [0.717, 1.165) is 12.5 Å². The summed E-state index contributed by atoms with van der Waals surface area (Å²) in [6.07, 6.45) is 1.33. The van der Waals surface area contributed by atoms with Crippen LogP contribution in [0.5, 0.6) is 5.75 Å². The fourth-order valence-corrected chi connectivity index (χ4v) is 1.22. The Hall–Kier alpha value is -1.58. The minimum absolute atomic E-state index is 0.203. The second-order valence-electron chi connectivity index (χ2n) is 2.96. The van der Waals surface area contributed by atoms with Gasteiger partial charge in [0.05, 0.1) is 5.71 Å². The second-order valence-corrected chi connectivity index (χ2v) is 2.96. The van der Waals surface area contributed by atoms with Crippen molar-refractivity contribution in [3.05, 3.63) is 29.6 Å². The summed E-state index contributed by atoms with van der Waals surface area (Å²) >= 11 is 0. The highest BCUT2D eigenvalue weighted by Gasteiger charge is 2.09. The zero-order chi connectivity index (χ0) is 10.6. The number of oxime groups is 1. The van der Waals surface area contributed by atoms with Gasteiger partial charge in [-0.2, -0.15) is 0 Å². The minimum atomic E-state index is -0.514. The summed E-state index contributed by atoms with van der Waals surface area (Å²) in [5.41, 5.74) is 0.737. The molecule has 0 radical (unpaired) electrons. The topological polar surface area (TPSA) is 52.8 Å². The highest BCUT2D eigenvalue weighted by molar-refractivity contribution is 6.02. The minimum Gasteiger partial charge on any atom is -0.507 e. The van der Waals surface area contributed by atoms with Crippen LogP contribution in [0, 0.1) is 5.82 Å². The summed E-state index contributed by atoms with van der Waals surface area (Å²) in [5.74, 6) is -0.716. The van der Waals surface area contributed by atoms with E-state index >= 15 is 0 Å². The van der Waals surface area contributed by atoms with Crippen molar-refractivity contribution in [2.45, 2.75) is 19.8 Å². The van der Waals surface area contributed by atoms with Crippen LogP contribution in [0.25, 0.3) is 0 Å². The number of halogens is 1. The number of rotatable bonds is 3. The van der Waals surface area contributed by atoms with Crippen LogP contribution in [0.15, 0.2) is 23.4 Å². The lowest BCUT2D eigenvalue weighted by Gasteiger charge is -2.05. The number of nitrogens with zero attached hydrogens (tertiary/aromatic N) is 1. The van der Waals surface area contributed by atoms with Crippen LogP contribution < -0.4 is 0 Å². The van der Waals surface area contributed by atoms with Crippen LogP contribution in [0.4, 0.5) is 4.39 Å². The molecule has 4 heteroatoms. The maximum absolute atomic E-state index is 12.6. The van der Waals surface area contributed by atoms with E-state index < -0.39 is 5.82 Å². The van der Waals surface area contributed by atoms with Gasteiger partial charge >= 0.3 is 0 Å². The predicted molar refractivity (Wildman–Crippen MR) is 51.3 cm³/mol. The molecule has 3 nitrogen and oxygen atoms in total. The second kappa shape index (κ2) is 4.60. The third kappa shape index (κ3) is 2.22. The van der Waals surface area contributed by atoms with Gasteiger partial charge in [0.15, 0.2) is 0 Å². The number of hydrogen-bond acceptors (Lipinski definition) is 3. The molecule has 0 bridgehead atoms. The fraction of sp³-hybridized carbons (Fsp3) is 0.300. The SMILES string of the molecule is CCCC(=NO)c1ccc(F)cc1O. The van der Waals surface area contributed by atoms with Crippen molar-refractivity contribution < 1.29 is 14.7 Å². The Balaban J connectivity index is 3.05. The summed E-state index contributed by atoms with van der Waals surface area (Å²) < 4.78 is 12.6. The Bertz CT molecular complexity index is 350. The molecule has 76 valence electrons. The lowest BCUT2D eigenvalue weighted by atomic mass is 10.1. The Labute approximate surface area is 81.5 Å². The third-order valence-corrected chi connectivity index (χ3v) is 1.88. The molecule has 2 N–H and O–H groups in total. The molecule has 1 rings (SSSR count). The molecule has 0 fully saturated rings. The van der Waals surface area contributed by atoms with E-state index in [1.54, 1.807) is 0 Å². The molecule has 1 aromatic rings. The van der Waals surface area contributed by atoms with Gasteiger partial charge < -0.3 is 10.3 Å². The first-order valence-electron chi connectivity index (χ1n) is 4.38. The molecular formula is C10H12FNO2. The molecule has 0 unspecified atom stereocenters. The molecule has 0 aliphatic rings. The average molecular weight is 197 g/mol. The molecule has 0 spiro atoms. The summed E-state index contributed by atoms with van der Waals surface area (Å²) in [5, 5.41) is 21.1. The summed E-state index contributed by atoms with van der Waals surface area (Å²) in [6.45, 7) is 1.92. The lowest BCUT2D eigenvalue weighted by Crippen LogP contribution is -2.01. The zero-order valence-electron chi connectivity index (χ0n) is 7.87. The Morgan fingerprint density at radius 1 is 1.50 bits per heavy atom. The lowest BCUT2D eigenvalue weighted by molar-refractivity contribution is 0.317. The van der Waals surface area contributed by atoms with E-state index in [-0.39, 0.29) is 5.75 Å². The van der Waals surface area contributed by atoms with Gasteiger partial charge in [0.25, 0.3) is 0 Å². The van der Waals surface area contributed by atoms with Crippen LogP contribution >= 0.6 is 0 Å². The van der Waals surface area contributed by atoms with E-state index in [9.17, 15) is 9.50 Å². The Morgan fingerprint density at radius 2 is 2.21 bits per heavy atom. The highest BCUT2D eigenvalue weighted by atomic mass is 19.1. The average Bonchev–Trinajstić information content (AvgIpc) is 2.15. The molecular weight excluding hydrogens is 185 g/mol. The van der Waals surface area contributed by atoms with Crippen LogP contribution in [-0.2, 0) is 0 Å². The Kier molecular flexibility index (Phi) is 3.45. The van der Waals surface area contributed by atoms with E-state index in [0.29, 0.717) is 17.7 Å². The molecule has 0 heterocycles. The van der Waals surface area contributed by atoms with E-state index in [2.05, 4.69) is 5.16 Å². The first kappa shape index (κ1) is 10.5. The molecule has 0 aliphatic carbocycles. The molecule has 0 aromatic heterocycles. The van der Waals surface area contributed by atoms with Gasteiger partial charge in [-0.1, -0.05) is 18.5 Å². The molecule has 0 aliphatic heterocycles. The number of phenols is 1. The van der Waals surface area contributed by atoms with Gasteiger partial charge in [-0.25, -0.2) is 4.39 Å². The van der Waals surface area contributed by atoms with Crippen molar-refractivity contribution in [2.75, 3.05) is 0 Å². The molecule has 0 saturated heterocycles. The monoisotopic (exact) mass is 197 g/mol. The maximum atomic E-state index is 12.6. The van der Waals surface area contributed by atoms with Crippen LogP contribution in [-0.4, -0.2) is 16.0 Å². The summed E-state index contributed by atoms with van der Waals surface area (Å²) in [4.78, 5) is 0. The van der Waals surface area contributed by atoms with Gasteiger partial charge in [0.1, 0.15) is 11.6 Å². The van der Waals surface area contributed by atoms with Crippen molar-refractivity contribution in [3.63, 3.8) is 0 Å². The first-order valence-corrected chi connectivity index (χ1v) is 4.38. The van der Waals surface area contributed by atoms with Crippen LogP contribution in [0.3, 0.4) is 0 Å². The number of phenolic OH excluding ortho intramolecular Hbond substituents is 1. The number of benzene rings is 1. The van der Waals surface area contributed by atoms with Crippen molar-refractivity contribution in [2.24, 2.45) is 5.16 Å².